The molecule has 3 rings (SSSR count). The van der Waals surface area contributed by atoms with Gasteiger partial charge in [-0.15, -0.1) is 0 Å². The maximum Gasteiger partial charge on any atom is 0.410 e. The molecule has 1 aromatic rings. The monoisotopic (exact) mass is 387 g/mol. The van der Waals surface area contributed by atoms with E-state index in [1.165, 1.54) is 12.1 Å². The highest BCUT2D eigenvalue weighted by Crippen LogP contribution is 2.26. The van der Waals surface area contributed by atoms with Gasteiger partial charge in [0.25, 0.3) is 0 Å². The van der Waals surface area contributed by atoms with Gasteiger partial charge < -0.3 is 19.9 Å². The van der Waals surface area contributed by atoms with E-state index in [-0.39, 0.29) is 17.9 Å². The number of anilines is 2. The van der Waals surface area contributed by atoms with Crippen LogP contribution in [0.15, 0.2) is 24.3 Å². The zero-order chi connectivity index (χ0) is 20.3. The van der Waals surface area contributed by atoms with E-state index in [1.807, 2.05) is 32.9 Å². The number of benzene rings is 1. The molecule has 0 aliphatic carbocycles. The van der Waals surface area contributed by atoms with Crippen molar-refractivity contribution in [3.63, 3.8) is 0 Å². The van der Waals surface area contributed by atoms with E-state index in [0.717, 1.165) is 37.5 Å². The Hall–Kier alpha value is -2.24. The molecule has 2 amide bonds. The van der Waals surface area contributed by atoms with Crippen molar-refractivity contribution in [1.82, 2.24) is 4.90 Å². The first-order valence-electron chi connectivity index (χ1n) is 10.3. The molecule has 0 radical (unpaired) electrons. The third-order valence-electron chi connectivity index (χ3n) is 5.37. The molecule has 2 aliphatic heterocycles. The number of amides is 2. The summed E-state index contributed by atoms with van der Waals surface area (Å²) in [5.74, 6) is 0.495. The lowest BCUT2D eigenvalue weighted by Gasteiger charge is -2.33. The Morgan fingerprint density at radius 2 is 1.79 bits per heavy atom. The molecule has 2 fully saturated rings. The third-order valence-corrected chi connectivity index (χ3v) is 5.37. The van der Waals surface area contributed by atoms with Gasteiger partial charge in [-0.2, -0.15) is 0 Å². The van der Waals surface area contributed by atoms with Crippen LogP contribution in [0, 0.1) is 11.8 Å². The number of nitrogens with one attached hydrogen (secondary N) is 1. The van der Waals surface area contributed by atoms with Crippen molar-refractivity contribution in [2.24, 2.45) is 11.8 Å². The summed E-state index contributed by atoms with van der Waals surface area (Å²) in [6.07, 6.45) is 2.49. The molecule has 2 saturated heterocycles. The molecular weight excluding hydrogens is 354 g/mol. The average molecular weight is 388 g/mol. The maximum absolute atomic E-state index is 12.7. The third kappa shape index (κ3) is 5.40. The van der Waals surface area contributed by atoms with E-state index < -0.39 is 5.60 Å². The second-order valence-electron chi connectivity index (χ2n) is 9.14. The van der Waals surface area contributed by atoms with E-state index in [0.29, 0.717) is 13.1 Å². The van der Waals surface area contributed by atoms with Crippen molar-refractivity contribution in [3.05, 3.63) is 24.3 Å². The number of hydrogen-bond acceptors (Lipinski definition) is 4. The van der Waals surface area contributed by atoms with E-state index in [2.05, 4.69) is 29.3 Å². The highest BCUT2D eigenvalue weighted by Gasteiger charge is 2.31. The van der Waals surface area contributed by atoms with E-state index >= 15 is 0 Å². The fourth-order valence-electron chi connectivity index (χ4n) is 3.85. The summed E-state index contributed by atoms with van der Waals surface area (Å²) >= 11 is 0. The van der Waals surface area contributed by atoms with Gasteiger partial charge in [0.1, 0.15) is 5.60 Å². The van der Waals surface area contributed by atoms with Crippen molar-refractivity contribution >= 4 is 23.4 Å². The van der Waals surface area contributed by atoms with Crippen LogP contribution in [-0.2, 0) is 9.53 Å². The zero-order valence-electron chi connectivity index (χ0n) is 17.5. The van der Waals surface area contributed by atoms with Gasteiger partial charge in [-0.25, -0.2) is 4.79 Å². The van der Waals surface area contributed by atoms with Crippen molar-refractivity contribution < 1.29 is 14.3 Å². The fraction of sp³-hybridized carbons (Fsp3) is 0.636. The lowest BCUT2D eigenvalue weighted by atomic mass is 9.97. The lowest BCUT2D eigenvalue weighted by Crippen LogP contribution is -2.45. The number of rotatable bonds is 3. The summed E-state index contributed by atoms with van der Waals surface area (Å²) in [6, 6.07) is 8.07. The summed E-state index contributed by atoms with van der Waals surface area (Å²) in [7, 11) is 0. The molecule has 2 atom stereocenters. The first kappa shape index (κ1) is 20.5. The molecule has 0 saturated carbocycles. The minimum atomic E-state index is -0.527. The fourth-order valence-corrected chi connectivity index (χ4v) is 3.85. The van der Waals surface area contributed by atoms with Gasteiger partial charge in [0.2, 0.25) is 5.91 Å². The van der Waals surface area contributed by atoms with E-state index in [9.17, 15) is 9.59 Å². The molecule has 154 valence electrons. The number of ether oxygens (including phenoxy) is 1. The van der Waals surface area contributed by atoms with Gasteiger partial charge in [-0.3, -0.25) is 4.79 Å². The normalized spacial score (nSPS) is 22.9. The Labute approximate surface area is 168 Å². The van der Waals surface area contributed by atoms with Crippen LogP contribution in [0.2, 0.25) is 0 Å². The Bertz CT molecular complexity index is 696. The molecule has 2 unspecified atom stereocenters. The summed E-state index contributed by atoms with van der Waals surface area (Å²) in [5, 5.41) is 3.01. The predicted octanol–water partition coefficient (Wildman–Crippen LogP) is 4.12. The van der Waals surface area contributed by atoms with Crippen LogP contribution in [-0.4, -0.2) is 48.7 Å². The van der Waals surface area contributed by atoms with Crippen LogP contribution in [0.5, 0.6) is 0 Å². The number of hydrogen-bond donors (Lipinski definition) is 1. The minimum Gasteiger partial charge on any atom is -0.444 e. The van der Waals surface area contributed by atoms with E-state index in [4.69, 9.17) is 4.74 Å². The number of nitrogens with zero attached hydrogens (tertiary/aromatic N) is 2. The first-order chi connectivity index (χ1) is 13.2. The predicted molar refractivity (Wildman–Crippen MR) is 112 cm³/mol. The van der Waals surface area contributed by atoms with Crippen LogP contribution < -0.4 is 10.2 Å². The van der Waals surface area contributed by atoms with Gasteiger partial charge in [-0.05, 0) is 70.2 Å². The quantitative estimate of drug-likeness (QED) is 0.847. The Morgan fingerprint density at radius 1 is 1.07 bits per heavy atom. The van der Waals surface area contributed by atoms with Crippen LogP contribution in [0.25, 0.3) is 0 Å². The number of piperidine rings is 1. The lowest BCUT2D eigenvalue weighted by molar-refractivity contribution is -0.121. The molecule has 6 heteroatoms. The Balaban J connectivity index is 1.54. The first-order valence-corrected chi connectivity index (χ1v) is 10.3. The SMILES string of the molecule is CC1CCN(c2ccc(NC(=O)C3CCCN(C(=O)OC(C)(C)C)C3)cc2)C1. The van der Waals surface area contributed by atoms with Crippen LogP contribution >= 0.6 is 0 Å². The maximum atomic E-state index is 12.7. The topological polar surface area (TPSA) is 61.9 Å². The standard InChI is InChI=1S/C22H33N3O3/c1-16-11-13-24(14-16)19-9-7-18(8-10-19)23-20(26)17-6-5-12-25(15-17)21(27)28-22(2,3)4/h7-10,16-17H,5-6,11-15H2,1-4H3,(H,23,26). The van der Waals surface area contributed by atoms with Crippen molar-refractivity contribution in [2.45, 2.75) is 52.6 Å². The molecule has 6 nitrogen and oxygen atoms in total. The van der Waals surface area contributed by atoms with E-state index in [1.54, 1.807) is 4.90 Å². The van der Waals surface area contributed by atoms with Crippen molar-refractivity contribution in [1.29, 1.82) is 0 Å². The number of carbonyl (C=O) groups is 2. The summed E-state index contributed by atoms with van der Waals surface area (Å²) in [5.41, 5.74) is 1.48. The van der Waals surface area contributed by atoms with Gasteiger partial charge in [-0.1, -0.05) is 6.92 Å². The van der Waals surface area contributed by atoms with Crippen LogP contribution in [0.3, 0.4) is 0 Å². The molecule has 0 aromatic heterocycles. The second-order valence-corrected chi connectivity index (χ2v) is 9.14. The molecule has 1 aromatic carbocycles. The molecule has 2 heterocycles. The molecule has 28 heavy (non-hydrogen) atoms. The van der Waals surface area contributed by atoms with Gasteiger partial charge >= 0.3 is 6.09 Å². The summed E-state index contributed by atoms with van der Waals surface area (Å²) < 4.78 is 5.44. The Kier molecular flexibility index (Phi) is 6.16. The number of carbonyl (C=O) groups excluding carboxylic acids is 2. The van der Waals surface area contributed by atoms with Crippen molar-refractivity contribution in [3.8, 4) is 0 Å². The second kappa shape index (κ2) is 8.41. The smallest absolute Gasteiger partial charge is 0.410 e. The highest BCUT2D eigenvalue weighted by atomic mass is 16.6. The summed E-state index contributed by atoms with van der Waals surface area (Å²) in [6.45, 7) is 11.1. The zero-order valence-corrected chi connectivity index (χ0v) is 17.5. The summed E-state index contributed by atoms with van der Waals surface area (Å²) in [4.78, 5) is 29.0. The molecule has 1 N–H and O–H groups in total. The average Bonchev–Trinajstić information content (AvgIpc) is 3.07. The van der Waals surface area contributed by atoms with Crippen LogP contribution in [0.4, 0.5) is 16.2 Å². The molecule has 2 aliphatic rings. The highest BCUT2D eigenvalue weighted by molar-refractivity contribution is 5.93. The largest absolute Gasteiger partial charge is 0.444 e. The van der Waals surface area contributed by atoms with Gasteiger partial charge in [0, 0.05) is 37.6 Å². The molecule has 0 spiro atoms. The van der Waals surface area contributed by atoms with Gasteiger partial charge in [0.05, 0.1) is 5.92 Å². The molecular formula is C22H33N3O3. The van der Waals surface area contributed by atoms with Gasteiger partial charge in [0.15, 0.2) is 0 Å². The van der Waals surface area contributed by atoms with Crippen molar-refractivity contribution in [2.75, 3.05) is 36.4 Å². The van der Waals surface area contributed by atoms with Crippen LogP contribution in [0.1, 0.15) is 47.0 Å². The number of likely N-dealkylation sites (tertiary alicyclic amines) is 1. The Morgan fingerprint density at radius 3 is 2.39 bits per heavy atom. The minimum absolute atomic E-state index is 0.0317. The molecule has 0 bridgehead atoms.